The molecule has 1 aromatic carbocycles. The van der Waals surface area contributed by atoms with Gasteiger partial charge in [-0.15, -0.1) is 11.8 Å². The summed E-state index contributed by atoms with van der Waals surface area (Å²) in [5, 5.41) is 8.60. The molecule has 2 saturated heterocycles. The molecule has 1 N–H and O–H groups in total. The first-order valence-corrected chi connectivity index (χ1v) is 12.6. The van der Waals surface area contributed by atoms with Crippen LogP contribution in [-0.4, -0.2) is 81.8 Å². The minimum absolute atomic E-state index is 0.0152. The summed E-state index contributed by atoms with van der Waals surface area (Å²) in [5.41, 5.74) is 0.769. The number of benzene rings is 1. The van der Waals surface area contributed by atoms with Crippen molar-refractivity contribution in [2.75, 3.05) is 26.7 Å². The van der Waals surface area contributed by atoms with Crippen LogP contribution in [0.5, 0.6) is 0 Å². The third-order valence-electron chi connectivity index (χ3n) is 6.56. The zero-order valence-corrected chi connectivity index (χ0v) is 20.6. The van der Waals surface area contributed by atoms with E-state index in [1.54, 1.807) is 45.9 Å². The topological polar surface area (TPSA) is 76.2 Å². The summed E-state index contributed by atoms with van der Waals surface area (Å²) in [6, 6.07) is 4.98. The Morgan fingerprint density at radius 2 is 1.97 bits per heavy atom. The van der Waals surface area contributed by atoms with Gasteiger partial charge in [0.15, 0.2) is 0 Å². The number of thioether (sulfide) groups is 1. The van der Waals surface area contributed by atoms with Gasteiger partial charge in [0, 0.05) is 25.4 Å². The van der Waals surface area contributed by atoms with Gasteiger partial charge in [0.05, 0.1) is 13.1 Å². The lowest BCUT2D eigenvalue weighted by atomic mass is 9.96. The Bertz CT molecular complexity index is 948. The minimum Gasteiger partial charge on any atom is -0.337 e. The lowest BCUT2D eigenvalue weighted by Gasteiger charge is -2.55. The number of hydrogen-bond donors (Lipinski definition) is 1. The van der Waals surface area contributed by atoms with Crippen LogP contribution in [0.2, 0.25) is 0 Å². The third-order valence-corrected chi connectivity index (χ3v) is 7.72. The zero-order valence-electron chi connectivity index (χ0n) is 19.8. The summed E-state index contributed by atoms with van der Waals surface area (Å²) >= 11 is 1.78. The first kappa shape index (κ1) is 24.5. The van der Waals surface area contributed by atoms with E-state index in [0.717, 1.165) is 18.4 Å². The summed E-state index contributed by atoms with van der Waals surface area (Å²) in [6.45, 7) is 4.98. The molecule has 4 amide bonds. The maximum atomic E-state index is 13.4. The molecule has 0 aromatic heterocycles. The Kier molecular flexibility index (Phi) is 7.47. The van der Waals surface area contributed by atoms with Crippen molar-refractivity contribution in [3.8, 4) is 0 Å². The molecule has 184 valence electrons. The maximum Gasteiger partial charge on any atom is 0.334 e. The highest BCUT2D eigenvalue weighted by Gasteiger charge is 2.51. The number of fused-ring (bicyclic) bond motifs is 1. The molecule has 0 bridgehead atoms. The number of nitrogens with zero attached hydrogens (tertiary/aromatic N) is 4. The normalized spacial score (nSPS) is 25.3. The number of amides is 4. The number of halogens is 1. The molecule has 3 aliphatic heterocycles. The number of allylic oxidation sites excluding steroid dienone is 1. The summed E-state index contributed by atoms with van der Waals surface area (Å²) in [6.07, 6.45) is 3.42. The Hall–Kier alpha value is -2.59. The van der Waals surface area contributed by atoms with E-state index >= 15 is 0 Å². The Balaban J connectivity index is 1.53. The summed E-state index contributed by atoms with van der Waals surface area (Å²) in [4.78, 5) is 43.2. The molecule has 8 nitrogen and oxygen atoms in total. The summed E-state index contributed by atoms with van der Waals surface area (Å²) < 4.78 is 13.2. The number of carbonyl (C=O) groups is 3. The summed E-state index contributed by atoms with van der Waals surface area (Å²) in [7, 11) is 1.71. The van der Waals surface area contributed by atoms with Gasteiger partial charge in [-0.1, -0.05) is 32.1 Å². The van der Waals surface area contributed by atoms with Crippen LogP contribution in [0.1, 0.15) is 32.3 Å². The van der Waals surface area contributed by atoms with Gasteiger partial charge in [0.1, 0.15) is 18.0 Å². The third kappa shape index (κ3) is 5.07. The average Bonchev–Trinajstić information content (AvgIpc) is 3.31. The van der Waals surface area contributed by atoms with Crippen molar-refractivity contribution in [3.05, 3.63) is 47.1 Å². The van der Waals surface area contributed by atoms with Crippen molar-refractivity contribution < 1.29 is 18.8 Å². The molecule has 0 aliphatic carbocycles. The number of rotatable bonds is 6. The highest BCUT2D eigenvalue weighted by atomic mass is 32.2. The standard InChI is InChI=1S/C24H32FN5O3S/c1-16(2)22-23(32)28(11-10-19-5-4-12-34-19)14-20-29(22)21(31)15-27(3)30(20)24(33)26-13-17-6-8-18(25)9-7-17/h4,6-9,12,16,19-20,22H,5,10-11,13-15H2,1-3H3,(H,26,33)/t19?,20-,22-/m0/s1. The highest BCUT2D eigenvalue weighted by Crippen LogP contribution is 2.31. The Morgan fingerprint density at radius 3 is 2.62 bits per heavy atom. The van der Waals surface area contributed by atoms with Crippen molar-refractivity contribution in [2.45, 2.75) is 50.7 Å². The van der Waals surface area contributed by atoms with E-state index in [0.29, 0.717) is 11.8 Å². The Morgan fingerprint density at radius 1 is 1.24 bits per heavy atom. The monoisotopic (exact) mass is 489 g/mol. The van der Waals surface area contributed by atoms with Crippen molar-refractivity contribution in [1.29, 1.82) is 0 Å². The molecule has 0 radical (unpaired) electrons. The molecule has 10 heteroatoms. The maximum absolute atomic E-state index is 13.4. The molecule has 0 saturated carbocycles. The Labute approximate surface area is 204 Å². The average molecular weight is 490 g/mol. The highest BCUT2D eigenvalue weighted by molar-refractivity contribution is 8.03. The molecule has 3 heterocycles. The van der Waals surface area contributed by atoms with Crippen LogP contribution in [0.15, 0.2) is 35.7 Å². The van der Waals surface area contributed by atoms with E-state index in [1.165, 1.54) is 12.1 Å². The first-order valence-electron chi connectivity index (χ1n) is 11.7. The molecule has 1 aromatic rings. The largest absolute Gasteiger partial charge is 0.337 e. The molecular formula is C24H32FN5O3S. The van der Waals surface area contributed by atoms with Gasteiger partial charge >= 0.3 is 6.03 Å². The van der Waals surface area contributed by atoms with Gasteiger partial charge in [-0.05, 0) is 41.9 Å². The lowest BCUT2D eigenvalue weighted by molar-refractivity contribution is -0.189. The molecule has 34 heavy (non-hydrogen) atoms. The second-order valence-corrected chi connectivity index (χ2v) is 10.6. The van der Waals surface area contributed by atoms with Crippen LogP contribution in [0, 0.1) is 11.7 Å². The molecule has 1 unspecified atom stereocenters. The van der Waals surface area contributed by atoms with Crippen LogP contribution in [0.3, 0.4) is 0 Å². The second-order valence-electron chi connectivity index (χ2n) is 9.35. The van der Waals surface area contributed by atoms with Crippen LogP contribution in [-0.2, 0) is 16.1 Å². The molecule has 3 atom stereocenters. The second kappa shape index (κ2) is 10.4. The molecular weight excluding hydrogens is 457 g/mol. The quantitative estimate of drug-likeness (QED) is 0.665. The molecule has 3 aliphatic rings. The van der Waals surface area contributed by atoms with E-state index in [-0.39, 0.29) is 49.2 Å². The number of nitrogens with one attached hydrogen (secondary N) is 1. The van der Waals surface area contributed by atoms with Gasteiger partial charge in [-0.3, -0.25) is 9.59 Å². The number of urea groups is 1. The fourth-order valence-corrected chi connectivity index (χ4v) is 5.75. The van der Waals surface area contributed by atoms with Crippen molar-refractivity contribution in [3.63, 3.8) is 0 Å². The smallest absolute Gasteiger partial charge is 0.334 e. The van der Waals surface area contributed by atoms with E-state index in [9.17, 15) is 18.8 Å². The summed E-state index contributed by atoms with van der Waals surface area (Å²) in [5.74, 6) is -0.626. The first-order chi connectivity index (χ1) is 16.3. The number of hydrazine groups is 1. The van der Waals surface area contributed by atoms with E-state index in [1.807, 2.05) is 18.7 Å². The number of carbonyl (C=O) groups excluding carboxylic acids is 3. The molecule has 4 rings (SSSR count). The van der Waals surface area contributed by atoms with E-state index < -0.39 is 12.2 Å². The van der Waals surface area contributed by atoms with Crippen molar-refractivity contribution in [2.24, 2.45) is 5.92 Å². The number of piperazine rings is 1. The van der Waals surface area contributed by atoms with Gasteiger partial charge in [0.25, 0.3) is 0 Å². The predicted octanol–water partition coefficient (Wildman–Crippen LogP) is 2.63. The van der Waals surface area contributed by atoms with Crippen molar-refractivity contribution in [1.82, 2.24) is 25.1 Å². The van der Waals surface area contributed by atoms with E-state index in [2.05, 4.69) is 16.8 Å². The number of hydrogen-bond acceptors (Lipinski definition) is 5. The van der Waals surface area contributed by atoms with E-state index in [4.69, 9.17) is 0 Å². The molecule has 0 spiro atoms. The molecule has 2 fully saturated rings. The van der Waals surface area contributed by atoms with Gasteiger partial charge in [0.2, 0.25) is 11.8 Å². The predicted molar refractivity (Wildman–Crippen MR) is 129 cm³/mol. The lowest BCUT2D eigenvalue weighted by Crippen LogP contribution is -2.76. The van der Waals surface area contributed by atoms with Crippen LogP contribution in [0.25, 0.3) is 0 Å². The minimum atomic E-state index is -0.610. The fraction of sp³-hybridized carbons (Fsp3) is 0.542. The van der Waals surface area contributed by atoms with Crippen LogP contribution in [0.4, 0.5) is 9.18 Å². The number of likely N-dealkylation sites (N-methyl/N-ethyl adjacent to an activating group) is 1. The van der Waals surface area contributed by atoms with Crippen LogP contribution < -0.4 is 5.32 Å². The zero-order chi connectivity index (χ0) is 24.4. The SMILES string of the molecule is CC(C)[C@H]1C(=O)N(CCC2CC=CS2)C[C@H]2N1C(=O)CN(C)N2C(=O)NCc1ccc(F)cc1. The van der Waals surface area contributed by atoms with Gasteiger partial charge in [-0.25, -0.2) is 19.2 Å². The van der Waals surface area contributed by atoms with Crippen molar-refractivity contribution >= 4 is 29.6 Å². The van der Waals surface area contributed by atoms with Crippen LogP contribution >= 0.6 is 11.8 Å². The van der Waals surface area contributed by atoms with Gasteiger partial charge in [-0.2, -0.15) is 0 Å². The van der Waals surface area contributed by atoms with Gasteiger partial charge < -0.3 is 15.1 Å². The fourth-order valence-electron chi connectivity index (χ4n) is 4.84.